The summed E-state index contributed by atoms with van der Waals surface area (Å²) in [4.78, 5) is 0. The molecule has 14 heavy (non-hydrogen) atoms. The molecule has 1 saturated heterocycles. The first kappa shape index (κ1) is 11.5. The van der Waals surface area contributed by atoms with Gasteiger partial charge in [0.05, 0.1) is 0 Å². The van der Waals surface area contributed by atoms with E-state index in [9.17, 15) is 4.39 Å². The van der Waals surface area contributed by atoms with Crippen LogP contribution in [0.3, 0.4) is 0 Å². The Hall–Kier alpha value is -0.600. The number of nitrogens with one attached hydrogen (secondary N) is 1. The zero-order valence-electron chi connectivity index (χ0n) is 8.00. The van der Waals surface area contributed by atoms with Crippen molar-refractivity contribution in [1.29, 1.82) is 0 Å². The van der Waals surface area contributed by atoms with Crippen molar-refractivity contribution in [2.45, 2.75) is 25.3 Å². The smallest absolute Gasteiger partial charge is 0.123 e. The molecule has 0 saturated carbocycles. The third-order valence-electron chi connectivity index (χ3n) is 2.58. The fourth-order valence-corrected chi connectivity index (χ4v) is 1.83. The zero-order chi connectivity index (χ0) is 9.10. The summed E-state index contributed by atoms with van der Waals surface area (Å²) < 4.78 is 12.6. The molecule has 0 aromatic heterocycles. The first-order valence-electron chi connectivity index (χ1n) is 4.85. The fraction of sp³-hybridized carbons (Fsp3) is 0.455. The Morgan fingerprint density at radius 2 is 1.86 bits per heavy atom. The van der Waals surface area contributed by atoms with E-state index in [4.69, 9.17) is 0 Å². The van der Waals surface area contributed by atoms with E-state index in [0.717, 1.165) is 6.54 Å². The van der Waals surface area contributed by atoms with E-state index in [1.54, 1.807) is 0 Å². The molecule has 1 aromatic carbocycles. The Labute approximate surface area is 90.1 Å². The van der Waals surface area contributed by atoms with E-state index in [0.29, 0.717) is 6.04 Å². The summed E-state index contributed by atoms with van der Waals surface area (Å²) in [7, 11) is 0. The number of rotatable bonds is 1. The van der Waals surface area contributed by atoms with Crippen molar-refractivity contribution in [1.82, 2.24) is 5.32 Å². The molecule has 2 rings (SSSR count). The second-order valence-electron chi connectivity index (χ2n) is 3.55. The molecule has 0 radical (unpaired) electrons. The van der Waals surface area contributed by atoms with E-state index in [1.165, 1.54) is 37.0 Å². The molecule has 1 nitrogen and oxygen atoms in total. The molecule has 1 aliphatic heterocycles. The predicted molar refractivity (Wildman–Crippen MR) is 58.2 cm³/mol. The SMILES string of the molecule is Cl.Fc1ccc([C@@H]2CCCCN2)cc1. The summed E-state index contributed by atoms with van der Waals surface area (Å²) in [5.41, 5.74) is 1.21. The number of hydrogen-bond acceptors (Lipinski definition) is 1. The summed E-state index contributed by atoms with van der Waals surface area (Å²) in [5, 5.41) is 3.43. The van der Waals surface area contributed by atoms with Crippen molar-refractivity contribution in [3.63, 3.8) is 0 Å². The molecule has 1 aliphatic rings. The van der Waals surface area contributed by atoms with Crippen molar-refractivity contribution in [3.05, 3.63) is 35.6 Å². The van der Waals surface area contributed by atoms with Gasteiger partial charge in [-0.1, -0.05) is 18.6 Å². The summed E-state index contributed by atoms with van der Waals surface area (Å²) in [6.07, 6.45) is 3.71. The molecule has 1 fully saturated rings. The van der Waals surface area contributed by atoms with Crippen molar-refractivity contribution < 1.29 is 4.39 Å². The van der Waals surface area contributed by atoms with Gasteiger partial charge in [0.15, 0.2) is 0 Å². The van der Waals surface area contributed by atoms with Gasteiger partial charge in [0, 0.05) is 6.04 Å². The molecule has 0 spiro atoms. The van der Waals surface area contributed by atoms with Gasteiger partial charge < -0.3 is 5.32 Å². The lowest BCUT2D eigenvalue weighted by atomic mass is 9.98. The standard InChI is InChI=1S/C11H14FN.ClH/c12-10-6-4-9(5-7-10)11-3-1-2-8-13-11;/h4-7,11,13H,1-3,8H2;1H/t11-;/m0./s1. The van der Waals surface area contributed by atoms with E-state index < -0.39 is 0 Å². The molecule has 1 N–H and O–H groups in total. The Balaban J connectivity index is 0.000000980. The Kier molecular flexibility index (Phi) is 4.36. The van der Waals surface area contributed by atoms with E-state index in [1.807, 2.05) is 12.1 Å². The predicted octanol–water partition coefficient (Wildman–Crippen LogP) is 3.06. The average molecular weight is 216 g/mol. The minimum absolute atomic E-state index is 0. The lowest BCUT2D eigenvalue weighted by Gasteiger charge is -2.23. The number of hydrogen-bond donors (Lipinski definition) is 1. The highest BCUT2D eigenvalue weighted by molar-refractivity contribution is 5.85. The molecule has 3 heteroatoms. The van der Waals surface area contributed by atoms with Crippen LogP contribution in [0.4, 0.5) is 4.39 Å². The molecule has 0 bridgehead atoms. The summed E-state index contributed by atoms with van der Waals surface area (Å²) >= 11 is 0. The van der Waals surface area contributed by atoms with Crippen LogP contribution in [0.25, 0.3) is 0 Å². The first-order valence-corrected chi connectivity index (χ1v) is 4.85. The van der Waals surface area contributed by atoms with Crippen LogP contribution < -0.4 is 5.32 Å². The van der Waals surface area contributed by atoms with Gasteiger partial charge in [-0.15, -0.1) is 12.4 Å². The van der Waals surface area contributed by atoms with Crippen LogP contribution in [0, 0.1) is 5.82 Å². The van der Waals surface area contributed by atoms with Gasteiger partial charge in [-0.05, 0) is 37.1 Å². The largest absolute Gasteiger partial charge is 0.310 e. The zero-order valence-corrected chi connectivity index (χ0v) is 8.82. The van der Waals surface area contributed by atoms with Gasteiger partial charge in [-0.3, -0.25) is 0 Å². The van der Waals surface area contributed by atoms with Crippen LogP contribution in [0.2, 0.25) is 0 Å². The topological polar surface area (TPSA) is 12.0 Å². The highest BCUT2D eigenvalue weighted by atomic mass is 35.5. The third-order valence-corrected chi connectivity index (χ3v) is 2.58. The molecule has 0 aliphatic carbocycles. The van der Waals surface area contributed by atoms with Crippen LogP contribution in [0.15, 0.2) is 24.3 Å². The van der Waals surface area contributed by atoms with Gasteiger partial charge in [-0.2, -0.15) is 0 Å². The lowest BCUT2D eigenvalue weighted by molar-refractivity contribution is 0.412. The number of benzene rings is 1. The molecule has 1 atom stereocenters. The van der Waals surface area contributed by atoms with Gasteiger partial charge in [-0.25, -0.2) is 4.39 Å². The molecule has 1 aromatic rings. The lowest BCUT2D eigenvalue weighted by Crippen LogP contribution is -2.26. The molecule has 0 amide bonds. The molecular weight excluding hydrogens is 201 g/mol. The van der Waals surface area contributed by atoms with Crippen LogP contribution in [-0.2, 0) is 0 Å². The Morgan fingerprint density at radius 1 is 1.14 bits per heavy atom. The minimum Gasteiger partial charge on any atom is -0.310 e. The molecule has 0 unspecified atom stereocenters. The normalized spacial score (nSPS) is 21.4. The van der Waals surface area contributed by atoms with Crippen molar-refractivity contribution in [2.75, 3.05) is 6.54 Å². The summed E-state index contributed by atoms with van der Waals surface area (Å²) in [6.45, 7) is 1.09. The summed E-state index contributed by atoms with van der Waals surface area (Å²) in [5.74, 6) is -0.153. The highest BCUT2D eigenvalue weighted by Gasteiger charge is 2.13. The van der Waals surface area contributed by atoms with Gasteiger partial charge in [0.25, 0.3) is 0 Å². The summed E-state index contributed by atoms with van der Waals surface area (Å²) in [6, 6.07) is 7.25. The van der Waals surface area contributed by atoms with E-state index in [2.05, 4.69) is 5.32 Å². The average Bonchev–Trinajstić information content (AvgIpc) is 2.20. The van der Waals surface area contributed by atoms with Crippen molar-refractivity contribution in [2.24, 2.45) is 0 Å². The van der Waals surface area contributed by atoms with Crippen molar-refractivity contribution >= 4 is 12.4 Å². The van der Waals surface area contributed by atoms with Gasteiger partial charge >= 0.3 is 0 Å². The van der Waals surface area contributed by atoms with Crippen LogP contribution >= 0.6 is 12.4 Å². The third kappa shape index (κ3) is 2.69. The van der Waals surface area contributed by atoms with E-state index >= 15 is 0 Å². The first-order chi connectivity index (χ1) is 6.36. The van der Waals surface area contributed by atoms with Crippen LogP contribution in [0.1, 0.15) is 30.9 Å². The number of halogens is 2. The fourth-order valence-electron chi connectivity index (χ4n) is 1.83. The molecule has 78 valence electrons. The second kappa shape index (κ2) is 5.32. The van der Waals surface area contributed by atoms with Crippen LogP contribution in [0.5, 0.6) is 0 Å². The molecular formula is C11H15ClFN. The second-order valence-corrected chi connectivity index (χ2v) is 3.55. The van der Waals surface area contributed by atoms with Gasteiger partial charge in [0.2, 0.25) is 0 Å². The van der Waals surface area contributed by atoms with Gasteiger partial charge in [0.1, 0.15) is 5.82 Å². The van der Waals surface area contributed by atoms with Crippen molar-refractivity contribution in [3.8, 4) is 0 Å². The highest BCUT2D eigenvalue weighted by Crippen LogP contribution is 2.22. The maximum absolute atomic E-state index is 12.6. The minimum atomic E-state index is -0.153. The maximum atomic E-state index is 12.6. The number of piperidine rings is 1. The van der Waals surface area contributed by atoms with E-state index in [-0.39, 0.29) is 18.2 Å². The maximum Gasteiger partial charge on any atom is 0.123 e. The van der Waals surface area contributed by atoms with Crippen LogP contribution in [-0.4, -0.2) is 6.54 Å². The Bertz CT molecular complexity index is 267. The molecule has 1 heterocycles. The Morgan fingerprint density at radius 3 is 2.43 bits per heavy atom. The monoisotopic (exact) mass is 215 g/mol. The quantitative estimate of drug-likeness (QED) is 0.759.